The minimum absolute atomic E-state index is 0.414. The van der Waals surface area contributed by atoms with E-state index in [1.54, 1.807) is 12.4 Å². The van der Waals surface area contributed by atoms with Crippen LogP contribution < -0.4 is 10.2 Å². The third-order valence-corrected chi connectivity index (χ3v) is 3.09. The molecule has 0 radical (unpaired) electrons. The Hall–Kier alpha value is -1.67. The zero-order chi connectivity index (χ0) is 12.3. The van der Waals surface area contributed by atoms with Crippen molar-refractivity contribution in [2.24, 2.45) is 5.92 Å². The van der Waals surface area contributed by atoms with E-state index in [4.69, 9.17) is 5.26 Å². The highest BCUT2D eigenvalue weighted by Gasteiger charge is 2.24. The van der Waals surface area contributed by atoms with Gasteiger partial charge in [-0.1, -0.05) is 13.8 Å². The average molecular weight is 231 g/mol. The number of aromatic nitrogens is 2. The third-order valence-electron chi connectivity index (χ3n) is 3.09. The van der Waals surface area contributed by atoms with Crippen molar-refractivity contribution in [1.29, 1.82) is 5.26 Å². The van der Waals surface area contributed by atoms with Crippen molar-refractivity contribution in [3.05, 3.63) is 18.1 Å². The molecule has 1 saturated heterocycles. The molecule has 0 bridgehead atoms. The maximum Gasteiger partial charge on any atom is 0.183 e. The molecule has 0 saturated carbocycles. The summed E-state index contributed by atoms with van der Waals surface area (Å²) in [5, 5.41) is 12.5. The first-order valence-corrected chi connectivity index (χ1v) is 5.92. The van der Waals surface area contributed by atoms with Gasteiger partial charge in [0.25, 0.3) is 0 Å². The molecule has 1 N–H and O–H groups in total. The van der Waals surface area contributed by atoms with E-state index in [0.717, 1.165) is 19.6 Å². The van der Waals surface area contributed by atoms with Crippen molar-refractivity contribution in [3.63, 3.8) is 0 Å². The third kappa shape index (κ3) is 2.53. The fraction of sp³-hybridized carbons (Fsp3) is 0.583. The molecule has 17 heavy (non-hydrogen) atoms. The van der Waals surface area contributed by atoms with Crippen LogP contribution in [0.5, 0.6) is 0 Å². The second-order valence-electron chi connectivity index (χ2n) is 4.59. The monoisotopic (exact) mass is 231 g/mol. The predicted octanol–water partition coefficient (Wildman–Crippen LogP) is 0.782. The van der Waals surface area contributed by atoms with E-state index in [1.165, 1.54) is 0 Å². The summed E-state index contributed by atoms with van der Waals surface area (Å²) in [7, 11) is 0. The van der Waals surface area contributed by atoms with Crippen LogP contribution in [0, 0.1) is 17.2 Å². The van der Waals surface area contributed by atoms with Gasteiger partial charge in [-0.15, -0.1) is 0 Å². The number of hydrogen-bond donors (Lipinski definition) is 1. The van der Waals surface area contributed by atoms with Crippen LogP contribution in [0.3, 0.4) is 0 Å². The number of anilines is 1. The van der Waals surface area contributed by atoms with Crippen LogP contribution in [0.1, 0.15) is 19.5 Å². The quantitative estimate of drug-likeness (QED) is 0.815. The molecule has 1 fully saturated rings. The highest BCUT2D eigenvalue weighted by Crippen LogP contribution is 2.17. The highest BCUT2D eigenvalue weighted by atomic mass is 15.3. The number of nitrogens with one attached hydrogen (secondary N) is 1. The van der Waals surface area contributed by atoms with E-state index < -0.39 is 0 Å². The Morgan fingerprint density at radius 1 is 1.47 bits per heavy atom. The first-order valence-electron chi connectivity index (χ1n) is 5.92. The SMILES string of the molecule is CC(C)C1CN(c2nccnc2C#N)CCN1. The van der Waals surface area contributed by atoms with E-state index >= 15 is 0 Å². The molecule has 0 aromatic carbocycles. The lowest BCUT2D eigenvalue weighted by molar-refractivity contribution is 0.367. The van der Waals surface area contributed by atoms with Crippen molar-refractivity contribution in [3.8, 4) is 6.07 Å². The molecule has 0 amide bonds. The maximum atomic E-state index is 9.03. The average Bonchev–Trinajstić information content (AvgIpc) is 2.39. The van der Waals surface area contributed by atoms with Crippen LogP contribution in [0.4, 0.5) is 5.82 Å². The van der Waals surface area contributed by atoms with Crippen molar-refractivity contribution in [2.75, 3.05) is 24.5 Å². The lowest BCUT2D eigenvalue weighted by Crippen LogP contribution is -2.53. The van der Waals surface area contributed by atoms with Gasteiger partial charge in [-0.05, 0) is 5.92 Å². The van der Waals surface area contributed by atoms with Crippen molar-refractivity contribution in [1.82, 2.24) is 15.3 Å². The van der Waals surface area contributed by atoms with Gasteiger partial charge < -0.3 is 10.2 Å². The summed E-state index contributed by atoms with van der Waals surface area (Å²) in [6.45, 7) is 7.07. The molecular formula is C12H17N5. The normalized spacial score (nSPS) is 20.4. The second kappa shape index (κ2) is 5.11. The Balaban J connectivity index is 2.19. The molecular weight excluding hydrogens is 214 g/mol. The number of rotatable bonds is 2. The number of nitrogens with zero attached hydrogens (tertiary/aromatic N) is 4. The van der Waals surface area contributed by atoms with Crippen LogP contribution >= 0.6 is 0 Å². The summed E-state index contributed by atoms with van der Waals surface area (Å²) < 4.78 is 0. The van der Waals surface area contributed by atoms with Crippen molar-refractivity contribution in [2.45, 2.75) is 19.9 Å². The Bertz CT molecular complexity index is 423. The summed E-state index contributed by atoms with van der Waals surface area (Å²) >= 11 is 0. The molecule has 1 aromatic heterocycles. The lowest BCUT2D eigenvalue weighted by atomic mass is 10.0. The van der Waals surface area contributed by atoms with Gasteiger partial charge in [-0.3, -0.25) is 0 Å². The van der Waals surface area contributed by atoms with Gasteiger partial charge in [0.1, 0.15) is 6.07 Å². The summed E-state index contributed by atoms with van der Waals surface area (Å²) in [4.78, 5) is 10.5. The molecule has 0 aliphatic carbocycles. The zero-order valence-electron chi connectivity index (χ0n) is 10.2. The smallest absolute Gasteiger partial charge is 0.183 e. The summed E-state index contributed by atoms with van der Waals surface area (Å²) in [5.41, 5.74) is 0.414. The van der Waals surface area contributed by atoms with Gasteiger partial charge in [-0.25, -0.2) is 9.97 Å². The Morgan fingerprint density at radius 2 is 2.24 bits per heavy atom. The maximum absolute atomic E-state index is 9.03. The highest BCUT2D eigenvalue weighted by molar-refractivity contribution is 5.49. The minimum atomic E-state index is 0.414. The molecule has 2 rings (SSSR count). The van der Waals surface area contributed by atoms with Gasteiger partial charge in [0, 0.05) is 38.1 Å². The number of hydrogen-bond acceptors (Lipinski definition) is 5. The van der Waals surface area contributed by atoms with Crippen molar-refractivity contribution >= 4 is 5.82 Å². The molecule has 1 aromatic rings. The molecule has 90 valence electrons. The second-order valence-corrected chi connectivity index (χ2v) is 4.59. The van der Waals surface area contributed by atoms with Crippen LogP contribution in [0.25, 0.3) is 0 Å². The Kier molecular flexibility index (Phi) is 3.55. The first-order chi connectivity index (χ1) is 8.22. The number of piperazine rings is 1. The van der Waals surface area contributed by atoms with Gasteiger partial charge in [0.2, 0.25) is 0 Å². The van der Waals surface area contributed by atoms with Gasteiger partial charge in [0.05, 0.1) is 0 Å². The predicted molar refractivity (Wildman–Crippen MR) is 65.6 cm³/mol. The lowest BCUT2D eigenvalue weighted by Gasteiger charge is -2.36. The molecule has 0 spiro atoms. The zero-order valence-corrected chi connectivity index (χ0v) is 10.2. The standard InChI is InChI=1S/C12H17N5/c1-9(2)11-8-17(6-5-15-11)12-10(7-13)14-3-4-16-12/h3-4,9,11,15H,5-6,8H2,1-2H3. The molecule has 1 aliphatic rings. The summed E-state index contributed by atoms with van der Waals surface area (Å²) in [6, 6.07) is 2.54. The molecule has 1 aliphatic heterocycles. The fourth-order valence-corrected chi connectivity index (χ4v) is 2.06. The molecule has 5 nitrogen and oxygen atoms in total. The van der Waals surface area contributed by atoms with Gasteiger partial charge in [-0.2, -0.15) is 5.26 Å². The largest absolute Gasteiger partial charge is 0.351 e. The molecule has 1 atom stereocenters. The van der Waals surface area contributed by atoms with Crippen LogP contribution in [0.2, 0.25) is 0 Å². The summed E-state index contributed by atoms with van der Waals surface area (Å²) in [6.07, 6.45) is 3.20. The Labute approximate surface area is 101 Å². The van der Waals surface area contributed by atoms with Crippen molar-refractivity contribution < 1.29 is 0 Å². The molecule has 1 unspecified atom stereocenters. The van der Waals surface area contributed by atoms with Gasteiger partial charge >= 0.3 is 0 Å². The summed E-state index contributed by atoms with van der Waals surface area (Å²) in [5.74, 6) is 1.28. The van der Waals surface area contributed by atoms with Crippen LogP contribution in [-0.2, 0) is 0 Å². The van der Waals surface area contributed by atoms with Crippen LogP contribution in [-0.4, -0.2) is 35.6 Å². The number of nitriles is 1. The fourth-order valence-electron chi connectivity index (χ4n) is 2.06. The molecule has 2 heterocycles. The van der Waals surface area contributed by atoms with E-state index in [1.807, 2.05) is 0 Å². The minimum Gasteiger partial charge on any atom is -0.351 e. The first kappa shape index (κ1) is 11.8. The van der Waals surface area contributed by atoms with E-state index in [0.29, 0.717) is 23.5 Å². The van der Waals surface area contributed by atoms with Gasteiger partial charge in [0.15, 0.2) is 11.5 Å². The Morgan fingerprint density at radius 3 is 2.94 bits per heavy atom. The topological polar surface area (TPSA) is 64.8 Å². The molecule has 5 heteroatoms. The van der Waals surface area contributed by atoms with E-state index in [9.17, 15) is 0 Å². The van der Waals surface area contributed by atoms with E-state index in [2.05, 4.69) is 40.1 Å². The van der Waals surface area contributed by atoms with Crippen LogP contribution in [0.15, 0.2) is 12.4 Å². The van der Waals surface area contributed by atoms with E-state index in [-0.39, 0.29) is 0 Å².